The van der Waals surface area contributed by atoms with E-state index in [-0.39, 0.29) is 5.72 Å². The van der Waals surface area contributed by atoms with Gasteiger partial charge in [-0.2, -0.15) is 5.11 Å². The molecule has 0 amide bonds. The highest BCUT2D eigenvalue weighted by Crippen LogP contribution is 2.43. The Morgan fingerprint density at radius 1 is 1.25 bits per heavy atom. The van der Waals surface area contributed by atoms with Gasteiger partial charge in [0.25, 0.3) is 5.91 Å². The van der Waals surface area contributed by atoms with Crippen molar-refractivity contribution < 1.29 is 9.47 Å². The summed E-state index contributed by atoms with van der Waals surface area (Å²) in [6.07, 6.45) is 4.32. The van der Waals surface area contributed by atoms with Crippen LogP contribution in [0.25, 0.3) is 0 Å². The van der Waals surface area contributed by atoms with Crippen molar-refractivity contribution in [1.82, 2.24) is 0 Å². The van der Waals surface area contributed by atoms with Crippen molar-refractivity contribution >= 4 is 0 Å². The fraction of sp³-hybridized carbons (Fsp3) is 1.00. The van der Waals surface area contributed by atoms with Gasteiger partial charge in [0.1, 0.15) is 0 Å². The van der Waals surface area contributed by atoms with E-state index in [1.54, 1.807) is 14.0 Å². The zero-order chi connectivity index (χ0) is 8.66. The van der Waals surface area contributed by atoms with Gasteiger partial charge in [0.15, 0.2) is 5.72 Å². The number of hydrogen-bond acceptors (Lipinski definition) is 4. The first-order chi connectivity index (χ1) is 5.68. The molecule has 0 aromatic carbocycles. The molecule has 0 N–H and O–H groups in total. The number of rotatable bonds is 1. The lowest BCUT2D eigenvalue weighted by Crippen LogP contribution is -2.33. The molecule has 1 atom stereocenters. The van der Waals surface area contributed by atoms with Crippen LogP contribution in [0.15, 0.2) is 10.2 Å². The van der Waals surface area contributed by atoms with Crippen molar-refractivity contribution in [3.63, 3.8) is 0 Å². The molecular formula is C8H14N2O2. The lowest BCUT2D eigenvalue weighted by molar-refractivity contribution is -0.234. The van der Waals surface area contributed by atoms with E-state index in [2.05, 4.69) is 10.2 Å². The molecule has 0 saturated heterocycles. The second kappa shape index (κ2) is 2.50. The monoisotopic (exact) mass is 170 g/mol. The largest absolute Gasteiger partial charge is 0.334 e. The average molecular weight is 170 g/mol. The van der Waals surface area contributed by atoms with Crippen molar-refractivity contribution in [3.8, 4) is 0 Å². The summed E-state index contributed by atoms with van der Waals surface area (Å²) in [5.74, 6) is -0.829. The first kappa shape index (κ1) is 8.13. The van der Waals surface area contributed by atoms with E-state index in [1.165, 1.54) is 12.8 Å². The zero-order valence-electron chi connectivity index (χ0n) is 7.54. The van der Waals surface area contributed by atoms with Gasteiger partial charge in [0, 0.05) is 14.0 Å². The highest BCUT2D eigenvalue weighted by Gasteiger charge is 2.47. The normalized spacial score (nSPS) is 38.2. The molecule has 1 aliphatic heterocycles. The fourth-order valence-corrected chi connectivity index (χ4v) is 1.79. The summed E-state index contributed by atoms with van der Waals surface area (Å²) in [5, 5.41) is 8.17. The standard InChI is InChI=1S/C8H14N2O2/c1-7(11-2)9-10-8(12-7)5-3-4-6-8/h3-6H2,1-2H3. The van der Waals surface area contributed by atoms with Crippen LogP contribution in [-0.4, -0.2) is 18.7 Å². The van der Waals surface area contributed by atoms with Gasteiger partial charge in [-0.1, -0.05) is 0 Å². The summed E-state index contributed by atoms with van der Waals surface area (Å²) in [5.41, 5.74) is -0.342. The Balaban J connectivity index is 2.12. The van der Waals surface area contributed by atoms with Crippen LogP contribution in [0.5, 0.6) is 0 Å². The summed E-state index contributed by atoms with van der Waals surface area (Å²) in [6, 6.07) is 0. The molecule has 1 aliphatic carbocycles. The molecule has 0 radical (unpaired) electrons. The van der Waals surface area contributed by atoms with Crippen LogP contribution >= 0.6 is 0 Å². The second-order valence-corrected chi connectivity index (χ2v) is 3.56. The van der Waals surface area contributed by atoms with Crippen LogP contribution in [0.2, 0.25) is 0 Å². The summed E-state index contributed by atoms with van der Waals surface area (Å²) in [7, 11) is 1.59. The predicted molar refractivity (Wildman–Crippen MR) is 42.6 cm³/mol. The molecule has 4 heteroatoms. The van der Waals surface area contributed by atoms with E-state index >= 15 is 0 Å². The quantitative estimate of drug-likeness (QED) is 0.604. The number of ether oxygens (including phenoxy) is 2. The minimum Gasteiger partial charge on any atom is -0.334 e. The summed E-state index contributed by atoms with van der Waals surface area (Å²) in [6.45, 7) is 1.80. The van der Waals surface area contributed by atoms with Gasteiger partial charge >= 0.3 is 0 Å². The molecule has 2 rings (SSSR count). The fourth-order valence-electron chi connectivity index (χ4n) is 1.79. The molecule has 1 spiro atoms. The number of azo groups is 1. The van der Waals surface area contributed by atoms with Gasteiger partial charge < -0.3 is 9.47 Å². The van der Waals surface area contributed by atoms with Crippen LogP contribution < -0.4 is 0 Å². The maximum Gasteiger partial charge on any atom is 0.286 e. The lowest BCUT2D eigenvalue weighted by Gasteiger charge is -2.24. The highest BCUT2D eigenvalue weighted by molar-refractivity contribution is 4.88. The molecular weight excluding hydrogens is 156 g/mol. The third-order valence-corrected chi connectivity index (χ3v) is 2.56. The van der Waals surface area contributed by atoms with Crippen molar-refractivity contribution in [1.29, 1.82) is 0 Å². The molecule has 1 heterocycles. The van der Waals surface area contributed by atoms with Crippen LogP contribution in [0, 0.1) is 0 Å². The molecule has 2 aliphatic rings. The second-order valence-electron chi connectivity index (χ2n) is 3.56. The first-order valence-corrected chi connectivity index (χ1v) is 4.37. The van der Waals surface area contributed by atoms with E-state index < -0.39 is 5.91 Å². The smallest absolute Gasteiger partial charge is 0.286 e. The topological polar surface area (TPSA) is 43.2 Å². The Bertz CT molecular complexity index is 211. The minimum atomic E-state index is -0.829. The van der Waals surface area contributed by atoms with Crippen LogP contribution in [-0.2, 0) is 9.47 Å². The molecule has 4 nitrogen and oxygen atoms in total. The van der Waals surface area contributed by atoms with Gasteiger partial charge in [-0.05, 0) is 25.7 Å². The highest BCUT2D eigenvalue weighted by atomic mass is 16.7. The Morgan fingerprint density at radius 3 is 2.42 bits per heavy atom. The molecule has 68 valence electrons. The predicted octanol–water partition coefficient (Wildman–Crippen LogP) is 2.06. The van der Waals surface area contributed by atoms with E-state index in [1.807, 2.05) is 0 Å². The van der Waals surface area contributed by atoms with Crippen molar-refractivity contribution in [2.24, 2.45) is 10.2 Å². The number of methoxy groups -OCH3 is 1. The van der Waals surface area contributed by atoms with Gasteiger partial charge in [-0.15, -0.1) is 5.11 Å². The third-order valence-electron chi connectivity index (χ3n) is 2.56. The SMILES string of the molecule is COC1(C)N=NC2(CCCC2)O1. The Hall–Kier alpha value is -0.480. The maximum atomic E-state index is 5.69. The third kappa shape index (κ3) is 1.15. The molecule has 0 bridgehead atoms. The summed E-state index contributed by atoms with van der Waals surface area (Å²) >= 11 is 0. The lowest BCUT2D eigenvalue weighted by atomic mass is 10.2. The van der Waals surface area contributed by atoms with Gasteiger partial charge in [-0.25, -0.2) is 0 Å². The molecule has 12 heavy (non-hydrogen) atoms. The number of nitrogens with zero attached hydrogens (tertiary/aromatic N) is 2. The van der Waals surface area contributed by atoms with Crippen LogP contribution in [0.3, 0.4) is 0 Å². The summed E-state index contributed by atoms with van der Waals surface area (Å²) < 4.78 is 10.8. The number of hydrogen-bond donors (Lipinski definition) is 0. The zero-order valence-corrected chi connectivity index (χ0v) is 7.54. The van der Waals surface area contributed by atoms with E-state index in [0.29, 0.717) is 0 Å². The van der Waals surface area contributed by atoms with Gasteiger partial charge in [0.05, 0.1) is 0 Å². The molecule has 0 aromatic rings. The van der Waals surface area contributed by atoms with E-state index in [9.17, 15) is 0 Å². The Kier molecular flexibility index (Phi) is 1.70. The summed E-state index contributed by atoms with van der Waals surface area (Å²) in [4.78, 5) is 0. The minimum absolute atomic E-state index is 0.342. The molecule has 1 unspecified atom stereocenters. The van der Waals surface area contributed by atoms with E-state index in [0.717, 1.165) is 12.8 Å². The average Bonchev–Trinajstić information content (AvgIpc) is 2.63. The van der Waals surface area contributed by atoms with Gasteiger partial charge in [-0.3, -0.25) is 0 Å². The van der Waals surface area contributed by atoms with Crippen LogP contribution in [0.1, 0.15) is 32.6 Å². The van der Waals surface area contributed by atoms with E-state index in [4.69, 9.17) is 9.47 Å². The van der Waals surface area contributed by atoms with Crippen LogP contribution in [0.4, 0.5) is 0 Å². The maximum absolute atomic E-state index is 5.69. The molecule has 1 saturated carbocycles. The Labute approximate surface area is 72.0 Å². The van der Waals surface area contributed by atoms with Crippen molar-refractivity contribution in [2.75, 3.05) is 7.11 Å². The Morgan fingerprint density at radius 2 is 1.92 bits per heavy atom. The van der Waals surface area contributed by atoms with Crippen molar-refractivity contribution in [3.05, 3.63) is 0 Å². The first-order valence-electron chi connectivity index (χ1n) is 4.37. The van der Waals surface area contributed by atoms with Crippen molar-refractivity contribution in [2.45, 2.75) is 44.2 Å². The molecule has 1 fully saturated rings. The molecule has 0 aromatic heterocycles. The van der Waals surface area contributed by atoms with Gasteiger partial charge in [0.2, 0.25) is 0 Å².